The van der Waals surface area contributed by atoms with Gasteiger partial charge in [0.15, 0.2) is 0 Å². The number of nitrogens with zero attached hydrogens (tertiary/aromatic N) is 2. The summed E-state index contributed by atoms with van der Waals surface area (Å²) in [5, 5.41) is 0. The monoisotopic (exact) mass is 386 g/mol. The predicted molar refractivity (Wildman–Crippen MR) is 106 cm³/mol. The first kappa shape index (κ1) is 17.4. The van der Waals surface area contributed by atoms with Crippen LogP contribution in [0.2, 0.25) is 0 Å². The molecule has 2 aromatic rings. The molecule has 0 saturated carbocycles. The van der Waals surface area contributed by atoms with Gasteiger partial charge >= 0.3 is 5.97 Å². The van der Waals surface area contributed by atoms with E-state index < -0.39 is 5.97 Å². The second-order valence-electron chi connectivity index (χ2n) is 7.20. The molecule has 0 bridgehead atoms. The maximum atomic E-state index is 13.1. The highest BCUT2D eigenvalue weighted by atomic mass is 16.5. The first-order valence-corrected chi connectivity index (χ1v) is 9.54. The molecule has 0 N–H and O–H groups in total. The Balaban J connectivity index is 1.43. The summed E-state index contributed by atoms with van der Waals surface area (Å²) in [6.07, 6.45) is 1.46. The fraction of sp³-hybridized carbons (Fsp3) is 0.174. The largest absolute Gasteiger partial charge is 0.423 e. The van der Waals surface area contributed by atoms with Gasteiger partial charge in [0.1, 0.15) is 5.75 Å². The highest BCUT2D eigenvalue weighted by molar-refractivity contribution is 6.37. The number of carbonyl (C=O) groups is 3. The van der Waals surface area contributed by atoms with Gasteiger partial charge in [-0.3, -0.25) is 9.59 Å². The molecule has 0 amide bonds. The molecule has 5 rings (SSSR count). The molecule has 29 heavy (non-hydrogen) atoms. The van der Waals surface area contributed by atoms with Crippen molar-refractivity contribution in [2.45, 2.75) is 0 Å². The minimum Gasteiger partial charge on any atom is -0.423 e. The molecule has 2 heterocycles. The van der Waals surface area contributed by atoms with Crippen molar-refractivity contribution in [3.05, 3.63) is 83.2 Å². The van der Waals surface area contributed by atoms with Crippen LogP contribution in [0.4, 0.5) is 0 Å². The Morgan fingerprint density at radius 3 is 2.10 bits per heavy atom. The summed E-state index contributed by atoms with van der Waals surface area (Å²) in [5.41, 5.74) is 2.48. The second kappa shape index (κ2) is 6.74. The standard InChI is InChI=1S/C23H18N2O4/c26-19-14-18(24-10-11-24)22(27)20(21(19)25-12-13-25)15-6-8-17(9-7-15)29-23(28)16-4-2-1-3-5-16/h1-9,14H,10-13H2. The van der Waals surface area contributed by atoms with Gasteiger partial charge in [-0.2, -0.15) is 0 Å². The topological polar surface area (TPSA) is 66.5 Å². The van der Waals surface area contributed by atoms with E-state index in [1.807, 2.05) is 15.9 Å². The second-order valence-corrected chi connectivity index (χ2v) is 7.20. The van der Waals surface area contributed by atoms with Crippen LogP contribution in [-0.2, 0) is 9.59 Å². The number of ether oxygens (including phenoxy) is 1. The number of rotatable bonds is 5. The molecule has 0 unspecified atom stereocenters. The number of hydrogen-bond donors (Lipinski definition) is 0. The van der Waals surface area contributed by atoms with Crippen LogP contribution in [0, 0.1) is 0 Å². The Labute approximate surface area is 167 Å². The number of ketones is 2. The Morgan fingerprint density at radius 1 is 0.828 bits per heavy atom. The highest BCUT2D eigenvalue weighted by Gasteiger charge is 2.39. The number of esters is 1. The Morgan fingerprint density at radius 2 is 1.48 bits per heavy atom. The SMILES string of the molecule is O=C1C=C(N2CC2)C(=O)C(c2ccc(OC(=O)c3ccccc3)cc2)=C1N1CC1. The van der Waals surface area contributed by atoms with Crippen LogP contribution in [0.5, 0.6) is 5.75 Å². The van der Waals surface area contributed by atoms with Gasteiger partial charge in [0, 0.05) is 32.3 Å². The molecule has 0 spiro atoms. The van der Waals surface area contributed by atoms with Crippen LogP contribution >= 0.6 is 0 Å². The van der Waals surface area contributed by atoms with Crippen molar-refractivity contribution in [2.75, 3.05) is 26.2 Å². The Kier molecular flexibility index (Phi) is 4.05. The molecule has 2 aliphatic heterocycles. The van der Waals surface area contributed by atoms with Crippen molar-refractivity contribution < 1.29 is 19.1 Å². The van der Waals surface area contributed by atoms with Crippen molar-refractivity contribution >= 4 is 23.1 Å². The van der Waals surface area contributed by atoms with Crippen LogP contribution in [0.25, 0.3) is 5.57 Å². The number of allylic oxidation sites excluding steroid dienone is 2. The van der Waals surface area contributed by atoms with Crippen molar-refractivity contribution in [3.63, 3.8) is 0 Å². The van der Waals surface area contributed by atoms with E-state index in [0.717, 1.165) is 26.2 Å². The molecule has 2 fully saturated rings. The quantitative estimate of drug-likeness (QED) is 0.340. The molecular formula is C23H18N2O4. The fourth-order valence-corrected chi connectivity index (χ4v) is 3.43. The molecule has 1 aliphatic carbocycles. The van der Waals surface area contributed by atoms with Gasteiger partial charge < -0.3 is 14.5 Å². The van der Waals surface area contributed by atoms with E-state index in [4.69, 9.17) is 4.74 Å². The van der Waals surface area contributed by atoms with E-state index in [-0.39, 0.29) is 11.6 Å². The van der Waals surface area contributed by atoms with Gasteiger partial charge in [0.2, 0.25) is 11.6 Å². The fourth-order valence-electron chi connectivity index (χ4n) is 3.43. The molecule has 6 nitrogen and oxygen atoms in total. The molecule has 6 heteroatoms. The van der Waals surface area contributed by atoms with Crippen molar-refractivity contribution in [1.29, 1.82) is 0 Å². The zero-order valence-corrected chi connectivity index (χ0v) is 15.6. The summed E-state index contributed by atoms with van der Waals surface area (Å²) in [6, 6.07) is 15.5. The van der Waals surface area contributed by atoms with Crippen molar-refractivity contribution in [2.24, 2.45) is 0 Å². The van der Waals surface area contributed by atoms with Gasteiger partial charge in [-0.05, 0) is 29.8 Å². The lowest BCUT2D eigenvalue weighted by molar-refractivity contribution is -0.115. The van der Waals surface area contributed by atoms with Crippen LogP contribution in [0.1, 0.15) is 15.9 Å². The van der Waals surface area contributed by atoms with Crippen LogP contribution in [0.3, 0.4) is 0 Å². The summed E-state index contributed by atoms with van der Waals surface area (Å²) < 4.78 is 5.41. The Hall–Kier alpha value is -3.67. The lowest BCUT2D eigenvalue weighted by Gasteiger charge is -2.21. The van der Waals surface area contributed by atoms with Gasteiger partial charge in [-0.15, -0.1) is 0 Å². The van der Waals surface area contributed by atoms with Gasteiger partial charge in [0.05, 0.1) is 22.5 Å². The zero-order chi connectivity index (χ0) is 20.0. The maximum Gasteiger partial charge on any atom is 0.343 e. The molecule has 0 aromatic heterocycles. The summed E-state index contributed by atoms with van der Waals surface area (Å²) in [4.78, 5) is 41.8. The first-order valence-electron chi connectivity index (χ1n) is 9.54. The van der Waals surface area contributed by atoms with E-state index in [9.17, 15) is 14.4 Å². The number of carbonyl (C=O) groups excluding carboxylic acids is 3. The molecule has 2 aromatic carbocycles. The third kappa shape index (κ3) is 3.33. The molecule has 2 saturated heterocycles. The Bertz CT molecular complexity index is 1080. The van der Waals surface area contributed by atoms with E-state index >= 15 is 0 Å². The van der Waals surface area contributed by atoms with Crippen molar-refractivity contribution in [3.8, 4) is 5.75 Å². The summed E-state index contributed by atoms with van der Waals surface area (Å²) in [7, 11) is 0. The summed E-state index contributed by atoms with van der Waals surface area (Å²) >= 11 is 0. The van der Waals surface area contributed by atoms with Crippen LogP contribution in [0.15, 0.2) is 72.1 Å². The first-order chi connectivity index (χ1) is 14.1. The number of benzene rings is 2. The van der Waals surface area contributed by atoms with E-state index in [0.29, 0.717) is 33.8 Å². The number of hydrogen-bond acceptors (Lipinski definition) is 6. The van der Waals surface area contributed by atoms with Gasteiger partial charge in [-0.1, -0.05) is 30.3 Å². The van der Waals surface area contributed by atoms with E-state index in [1.165, 1.54) is 6.08 Å². The minimum absolute atomic E-state index is 0.126. The minimum atomic E-state index is -0.446. The molecule has 3 aliphatic rings. The van der Waals surface area contributed by atoms with Crippen LogP contribution in [-0.4, -0.2) is 53.5 Å². The lowest BCUT2D eigenvalue weighted by Crippen LogP contribution is -2.25. The number of Topliss-reactive ketones (excluding diaryl/α,β-unsaturated/α-hetero) is 1. The molecular weight excluding hydrogens is 368 g/mol. The molecule has 0 radical (unpaired) electrons. The molecule has 144 valence electrons. The summed E-state index contributed by atoms with van der Waals surface area (Å²) in [6.45, 7) is 3.14. The maximum absolute atomic E-state index is 13.1. The zero-order valence-electron chi connectivity index (χ0n) is 15.6. The van der Waals surface area contributed by atoms with Crippen LogP contribution < -0.4 is 4.74 Å². The summed E-state index contributed by atoms with van der Waals surface area (Å²) in [5.74, 6) is -0.317. The highest BCUT2D eigenvalue weighted by Crippen LogP contribution is 2.35. The molecule has 0 atom stereocenters. The normalized spacial score (nSPS) is 18.0. The van der Waals surface area contributed by atoms with Crippen molar-refractivity contribution in [1.82, 2.24) is 9.80 Å². The third-order valence-corrected chi connectivity index (χ3v) is 5.11. The predicted octanol–water partition coefficient (Wildman–Crippen LogP) is 2.28. The third-order valence-electron chi connectivity index (χ3n) is 5.11. The van der Waals surface area contributed by atoms with Gasteiger partial charge in [0.25, 0.3) is 0 Å². The van der Waals surface area contributed by atoms with E-state index in [2.05, 4.69) is 0 Å². The smallest absolute Gasteiger partial charge is 0.343 e. The van der Waals surface area contributed by atoms with Gasteiger partial charge in [-0.25, -0.2) is 4.79 Å². The lowest BCUT2D eigenvalue weighted by atomic mass is 9.91. The average Bonchev–Trinajstić information content (AvgIpc) is 3.64. The van der Waals surface area contributed by atoms with E-state index in [1.54, 1.807) is 48.5 Å². The average molecular weight is 386 g/mol.